The van der Waals surface area contributed by atoms with Crippen LogP contribution in [0.5, 0.6) is 5.75 Å². The van der Waals surface area contributed by atoms with Crippen molar-refractivity contribution < 1.29 is 18.8 Å². The molecule has 1 aromatic heterocycles. The molecule has 0 aliphatic carbocycles. The molecule has 0 spiro atoms. The number of rotatable bonds is 26. The van der Waals surface area contributed by atoms with Gasteiger partial charge < -0.3 is 9.47 Å². The first kappa shape index (κ1) is 36.6. The predicted molar refractivity (Wildman–Crippen MR) is 189 cm³/mol. The van der Waals surface area contributed by atoms with Gasteiger partial charge in [-0.1, -0.05) is 134 Å². The first-order valence-corrected chi connectivity index (χ1v) is 18.4. The van der Waals surface area contributed by atoms with Crippen LogP contribution in [-0.4, -0.2) is 19.2 Å². The molecule has 0 aliphatic rings. The van der Waals surface area contributed by atoms with Crippen molar-refractivity contribution in [3.8, 4) is 5.75 Å². The lowest BCUT2D eigenvalue weighted by Crippen LogP contribution is -2.32. The second-order valence-corrected chi connectivity index (χ2v) is 13.0. The molecule has 0 unspecified atom stereocenters. The van der Waals surface area contributed by atoms with Crippen molar-refractivity contribution in [2.45, 2.75) is 148 Å². The Morgan fingerprint density at radius 1 is 0.622 bits per heavy atom. The Morgan fingerprint density at radius 2 is 1.16 bits per heavy atom. The monoisotopic (exact) mass is 616 g/mol. The third kappa shape index (κ3) is 15.8. The maximum Gasteiger partial charge on any atom is 0.313 e. The van der Waals surface area contributed by atoms with Gasteiger partial charge in [0.2, 0.25) is 0 Å². The Labute approximate surface area is 274 Å². The number of unbranched alkanes of at least 4 members (excludes halogenated alkanes) is 17. The molecule has 3 rings (SSSR count). The number of esters is 1. The van der Waals surface area contributed by atoms with Crippen LogP contribution in [0.3, 0.4) is 0 Å². The number of carbonyl (C=O) groups is 1. The van der Waals surface area contributed by atoms with E-state index in [0.717, 1.165) is 54.5 Å². The topological polar surface area (TPSA) is 39.4 Å². The number of hydrogen-bond donors (Lipinski definition) is 0. The highest BCUT2D eigenvalue weighted by molar-refractivity contribution is 5.86. The summed E-state index contributed by atoms with van der Waals surface area (Å²) in [7, 11) is 0. The van der Waals surface area contributed by atoms with E-state index >= 15 is 0 Å². The van der Waals surface area contributed by atoms with Crippen molar-refractivity contribution in [1.82, 2.24) is 0 Å². The minimum atomic E-state index is -0.262. The maximum atomic E-state index is 12.7. The minimum absolute atomic E-state index is 0.125. The third-order valence-corrected chi connectivity index (χ3v) is 9.04. The fraction of sp³-hybridized carbons (Fsp3) is 0.610. The second-order valence-electron chi connectivity index (χ2n) is 13.0. The summed E-state index contributed by atoms with van der Waals surface area (Å²) in [6, 6.07) is 18.8. The molecule has 0 bridgehead atoms. The van der Waals surface area contributed by atoms with Crippen molar-refractivity contribution >= 4 is 16.7 Å². The van der Waals surface area contributed by atoms with Crippen LogP contribution in [-0.2, 0) is 16.1 Å². The Morgan fingerprint density at radius 3 is 1.80 bits per heavy atom. The molecule has 248 valence electrons. The second kappa shape index (κ2) is 23.5. The fourth-order valence-electron chi connectivity index (χ4n) is 6.03. The van der Waals surface area contributed by atoms with Crippen LogP contribution >= 0.6 is 0 Å². The van der Waals surface area contributed by atoms with Crippen LogP contribution in [0, 0.1) is 0 Å². The Balaban J connectivity index is 1.20. The van der Waals surface area contributed by atoms with Crippen LogP contribution in [0.2, 0.25) is 0 Å². The SMILES string of the molecule is CCCCCCCCCCCCOc1ccc2cc([C@H](C)C(=O)OCCCCCCCCCCC[n+]3ccccc3)ccc2c1. The summed E-state index contributed by atoms with van der Waals surface area (Å²) in [6.45, 7) is 6.64. The standard InChI is InChI=1S/C41H62NO3/c1-3-4-5-6-7-8-11-14-17-23-32-44-40-28-27-38-34-37(25-26-39(38)35-40)36(2)41(43)45-33-24-18-15-12-9-10-13-16-20-29-42-30-21-19-22-31-42/h19,21-22,25-28,30-31,34-36H,3-18,20,23-24,29,32-33H2,1-2H3/q+1/t36-/m0/s1. The van der Waals surface area contributed by atoms with E-state index in [0.29, 0.717) is 6.61 Å². The average Bonchev–Trinajstić information content (AvgIpc) is 3.07. The van der Waals surface area contributed by atoms with Gasteiger partial charge in [0, 0.05) is 18.6 Å². The van der Waals surface area contributed by atoms with Gasteiger partial charge in [0.15, 0.2) is 12.4 Å². The van der Waals surface area contributed by atoms with Crippen LogP contribution in [0.1, 0.15) is 147 Å². The molecule has 0 saturated carbocycles. The lowest BCUT2D eigenvalue weighted by atomic mass is 9.98. The molecule has 1 atom stereocenters. The normalized spacial score (nSPS) is 12.0. The van der Waals surface area contributed by atoms with Gasteiger partial charge in [0.05, 0.1) is 19.1 Å². The summed E-state index contributed by atoms with van der Waals surface area (Å²) in [5, 5.41) is 2.28. The van der Waals surface area contributed by atoms with Crippen molar-refractivity contribution in [2.75, 3.05) is 13.2 Å². The molecule has 0 radical (unpaired) electrons. The molecular formula is C41H62NO3+. The lowest BCUT2D eigenvalue weighted by Gasteiger charge is -2.13. The Hall–Kier alpha value is -2.88. The number of nitrogens with zero attached hydrogens (tertiary/aromatic N) is 1. The number of carbonyl (C=O) groups excluding carboxylic acids is 1. The first-order valence-electron chi connectivity index (χ1n) is 18.4. The van der Waals surface area contributed by atoms with E-state index in [1.54, 1.807) is 0 Å². The molecule has 4 heteroatoms. The van der Waals surface area contributed by atoms with E-state index < -0.39 is 0 Å². The van der Waals surface area contributed by atoms with Gasteiger partial charge in [0.25, 0.3) is 0 Å². The summed E-state index contributed by atoms with van der Waals surface area (Å²) < 4.78 is 14.0. The number of ether oxygens (including phenoxy) is 2. The van der Waals surface area contributed by atoms with Crippen LogP contribution in [0.25, 0.3) is 10.8 Å². The molecule has 1 heterocycles. The summed E-state index contributed by atoms with van der Waals surface area (Å²) in [4.78, 5) is 12.7. The van der Waals surface area contributed by atoms with Crippen LogP contribution < -0.4 is 9.30 Å². The van der Waals surface area contributed by atoms with E-state index in [-0.39, 0.29) is 11.9 Å². The van der Waals surface area contributed by atoms with Gasteiger partial charge in [-0.05, 0) is 54.7 Å². The number of fused-ring (bicyclic) bond motifs is 1. The number of pyridine rings is 1. The molecule has 3 aromatic rings. The quantitative estimate of drug-likeness (QED) is 0.0512. The van der Waals surface area contributed by atoms with Crippen molar-refractivity contribution in [1.29, 1.82) is 0 Å². The predicted octanol–water partition coefficient (Wildman–Crippen LogP) is 11.3. The van der Waals surface area contributed by atoms with Gasteiger partial charge in [-0.3, -0.25) is 4.79 Å². The van der Waals surface area contributed by atoms with Gasteiger partial charge >= 0.3 is 5.97 Å². The highest BCUT2D eigenvalue weighted by Crippen LogP contribution is 2.26. The number of benzene rings is 2. The zero-order valence-electron chi connectivity index (χ0n) is 28.7. The van der Waals surface area contributed by atoms with Gasteiger partial charge in [0.1, 0.15) is 12.3 Å². The molecule has 0 amide bonds. The molecule has 45 heavy (non-hydrogen) atoms. The number of aromatic nitrogens is 1. The van der Waals surface area contributed by atoms with Crippen molar-refractivity contribution in [3.05, 3.63) is 72.6 Å². The van der Waals surface area contributed by atoms with Gasteiger partial charge in [-0.2, -0.15) is 0 Å². The zero-order chi connectivity index (χ0) is 31.8. The Kier molecular flexibility index (Phi) is 19.1. The summed E-state index contributed by atoms with van der Waals surface area (Å²) >= 11 is 0. The van der Waals surface area contributed by atoms with Crippen LogP contribution in [0.15, 0.2) is 67.0 Å². The molecule has 0 N–H and O–H groups in total. The first-order chi connectivity index (χ1) is 22.2. The third-order valence-electron chi connectivity index (χ3n) is 9.04. The average molecular weight is 617 g/mol. The van der Waals surface area contributed by atoms with Crippen molar-refractivity contribution in [3.63, 3.8) is 0 Å². The van der Waals surface area contributed by atoms with E-state index in [4.69, 9.17) is 9.47 Å². The zero-order valence-corrected chi connectivity index (χ0v) is 28.7. The lowest BCUT2D eigenvalue weighted by molar-refractivity contribution is -0.697. The van der Waals surface area contributed by atoms with Crippen molar-refractivity contribution in [2.24, 2.45) is 0 Å². The molecule has 0 saturated heterocycles. The smallest absolute Gasteiger partial charge is 0.313 e. The molecule has 0 fully saturated rings. The number of hydrogen-bond acceptors (Lipinski definition) is 3. The summed E-state index contributed by atoms with van der Waals surface area (Å²) in [6.07, 6.45) is 28.7. The summed E-state index contributed by atoms with van der Waals surface area (Å²) in [5.74, 6) is 0.540. The summed E-state index contributed by atoms with van der Waals surface area (Å²) in [5.41, 5.74) is 1.01. The van der Waals surface area contributed by atoms with Crippen LogP contribution in [0.4, 0.5) is 0 Å². The fourth-order valence-corrected chi connectivity index (χ4v) is 6.03. The highest BCUT2D eigenvalue weighted by atomic mass is 16.5. The minimum Gasteiger partial charge on any atom is -0.494 e. The molecular weight excluding hydrogens is 554 g/mol. The van der Waals surface area contributed by atoms with E-state index in [9.17, 15) is 4.79 Å². The largest absolute Gasteiger partial charge is 0.494 e. The van der Waals surface area contributed by atoms with E-state index in [2.05, 4.69) is 78.5 Å². The molecule has 0 aliphatic heterocycles. The van der Waals surface area contributed by atoms with Gasteiger partial charge in [-0.15, -0.1) is 0 Å². The molecule has 2 aromatic carbocycles. The maximum absolute atomic E-state index is 12.7. The van der Waals surface area contributed by atoms with E-state index in [1.807, 2.05) is 6.92 Å². The highest BCUT2D eigenvalue weighted by Gasteiger charge is 2.17. The Bertz CT molecular complexity index is 1180. The van der Waals surface area contributed by atoms with Gasteiger partial charge in [-0.25, -0.2) is 4.57 Å². The number of aryl methyl sites for hydroxylation is 1. The molecule has 4 nitrogen and oxygen atoms in total. The van der Waals surface area contributed by atoms with E-state index in [1.165, 1.54) is 103 Å².